The van der Waals surface area contributed by atoms with Crippen LogP contribution in [0.15, 0.2) is 121 Å². The highest BCUT2D eigenvalue weighted by molar-refractivity contribution is 5.97. The Morgan fingerprint density at radius 1 is 0.272 bits per heavy atom. The number of likely N-dealkylation sites (N-methyl/N-ethyl adjacent to an activating group) is 2. The van der Waals surface area contributed by atoms with Crippen molar-refractivity contribution < 1.29 is 94.9 Å². The zero-order valence-corrected chi connectivity index (χ0v) is 83.0. The number of aliphatic hydroxyl groups excluding tert-OH is 1. The summed E-state index contributed by atoms with van der Waals surface area (Å²) in [6, 6.07) is 28.8. The van der Waals surface area contributed by atoms with Crippen molar-refractivity contribution in [2.24, 2.45) is 0 Å². The molecule has 792 valence electrons. The molecule has 0 unspecified atom stereocenters. The van der Waals surface area contributed by atoms with Crippen molar-refractivity contribution in [2.45, 2.75) is 230 Å². The lowest BCUT2D eigenvalue weighted by Gasteiger charge is -2.33. The third-order valence-electron chi connectivity index (χ3n) is 30.9. The fourth-order valence-electron chi connectivity index (χ4n) is 22.6. The van der Waals surface area contributed by atoms with E-state index in [0.717, 1.165) is 191 Å². The van der Waals surface area contributed by atoms with E-state index >= 15 is 0 Å². The van der Waals surface area contributed by atoms with E-state index in [0.29, 0.717) is 219 Å². The van der Waals surface area contributed by atoms with Gasteiger partial charge in [0.25, 0.3) is 29.5 Å². The minimum Gasteiger partial charge on any atom is -0.395 e. The zero-order chi connectivity index (χ0) is 104. The lowest BCUT2D eigenvalue weighted by atomic mass is 9.86. The van der Waals surface area contributed by atoms with Gasteiger partial charge in [0.15, 0.2) is 28.5 Å². The Bertz CT molecular complexity index is 6160. The third-order valence-corrected chi connectivity index (χ3v) is 30.9. The largest absolute Gasteiger partial charge is 0.416 e. The van der Waals surface area contributed by atoms with Crippen molar-refractivity contribution in [1.29, 1.82) is 0 Å². The molecule has 15 heterocycles. The minimum absolute atomic E-state index is 0.0589. The number of alkyl halides is 15. The summed E-state index contributed by atoms with van der Waals surface area (Å²) in [6.07, 6.45) is -11.4. The number of rotatable bonds is 16. The summed E-state index contributed by atoms with van der Waals surface area (Å²) >= 11 is 0. The molecular formula is C106H127F15N20O6. The van der Waals surface area contributed by atoms with Gasteiger partial charge in [0.1, 0.15) is 0 Å². The van der Waals surface area contributed by atoms with Gasteiger partial charge in [-0.05, 0) is 223 Å². The van der Waals surface area contributed by atoms with Crippen LogP contribution >= 0.6 is 0 Å². The number of hydrogen-bond donors (Lipinski definition) is 6. The minimum atomic E-state index is -4.38. The number of carbonyl (C=O) groups is 5. The zero-order valence-electron chi connectivity index (χ0n) is 83.0. The van der Waals surface area contributed by atoms with Crippen molar-refractivity contribution >= 4 is 29.5 Å². The fourth-order valence-corrected chi connectivity index (χ4v) is 22.6. The van der Waals surface area contributed by atoms with E-state index in [1.807, 2.05) is 0 Å². The van der Waals surface area contributed by atoms with E-state index in [2.05, 4.69) is 103 Å². The molecule has 10 aliphatic heterocycles. The molecule has 5 aromatic heterocycles. The second kappa shape index (κ2) is 47.0. The molecule has 10 aliphatic rings. The van der Waals surface area contributed by atoms with Crippen LogP contribution in [0.5, 0.6) is 0 Å². The van der Waals surface area contributed by atoms with Crippen LogP contribution in [0.4, 0.5) is 65.9 Å². The number of likely N-dealkylation sites (tertiary alicyclic amines) is 5. The predicted molar refractivity (Wildman–Crippen MR) is 519 cm³/mol. The first-order valence-corrected chi connectivity index (χ1v) is 51.2. The van der Waals surface area contributed by atoms with E-state index in [1.165, 1.54) is 30.3 Å². The Morgan fingerprint density at radius 3 is 0.776 bits per heavy atom. The number of hydrogen-bond acceptors (Lipinski definition) is 16. The second-order valence-corrected chi connectivity index (χ2v) is 39.5. The molecule has 0 aliphatic carbocycles. The number of amides is 5. The second-order valence-electron chi connectivity index (χ2n) is 39.5. The number of aryl methyl sites for hydroxylation is 2. The number of piperidine rings is 5. The number of aliphatic hydroxyl groups is 1. The van der Waals surface area contributed by atoms with E-state index in [4.69, 9.17) is 0 Å². The summed E-state index contributed by atoms with van der Waals surface area (Å²) in [7, 11) is 0. The predicted octanol–water partition coefficient (Wildman–Crippen LogP) is 18.8. The molecule has 5 aromatic carbocycles. The van der Waals surface area contributed by atoms with Crippen LogP contribution in [0.1, 0.15) is 299 Å². The summed E-state index contributed by atoms with van der Waals surface area (Å²) < 4.78 is 200. The molecule has 5 amide bonds. The van der Waals surface area contributed by atoms with Crippen LogP contribution < -0.4 is 0 Å². The number of nitrogens with one attached hydrogen (secondary N) is 5. The highest BCUT2D eigenvalue weighted by Crippen LogP contribution is 2.47. The summed E-state index contributed by atoms with van der Waals surface area (Å²) in [4.78, 5) is 85.1. The Labute approximate surface area is 843 Å². The van der Waals surface area contributed by atoms with Crippen LogP contribution in [0.2, 0.25) is 0 Å². The van der Waals surface area contributed by atoms with Gasteiger partial charge in [-0.25, -0.2) is 0 Å². The van der Waals surface area contributed by atoms with Gasteiger partial charge < -0.3 is 29.6 Å². The number of fused-ring (bicyclic) bond motifs is 5. The first-order valence-electron chi connectivity index (χ1n) is 51.2. The maximum atomic E-state index is 13.4. The first-order chi connectivity index (χ1) is 70.4. The van der Waals surface area contributed by atoms with Crippen LogP contribution in [0.25, 0.3) is 0 Å². The van der Waals surface area contributed by atoms with Gasteiger partial charge in [-0.1, -0.05) is 119 Å². The quantitative estimate of drug-likeness (QED) is 0.0490. The van der Waals surface area contributed by atoms with E-state index < -0.39 is 58.7 Å². The van der Waals surface area contributed by atoms with Crippen molar-refractivity contribution in [2.75, 3.05) is 131 Å². The molecule has 26 nitrogen and oxygen atoms in total. The van der Waals surface area contributed by atoms with Crippen LogP contribution in [-0.2, 0) is 95.8 Å². The van der Waals surface area contributed by atoms with E-state index in [1.54, 1.807) is 85.2 Å². The number of nitrogens with zero attached hydrogens (tertiary/aromatic N) is 15. The van der Waals surface area contributed by atoms with Crippen molar-refractivity contribution in [3.05, 3.63) is 262 Å². The number of halogens is 15. The molecule has 0 saturated carbocycles. The lowest BCUT2D eigenvalue weighted by molar-refractivity contribution is -0.139. The van der Waals surface area contributed by atoms with Gasteiger partial charge in [0.2, 0.25) is 0 Å². The molecule has 147 heavy (non-hydrogen) atoms. The number of H-pyrrole nitrogens is 5. The fraction of sp³-hybridized carbons (Fsp3) is 0.528. The van der Waals surface area contributed by atoms with Crippen LogP contribution in [-0.4, -0.2) is 266 Å². The SMILES string of the molecule is CCN1CCCc2[nH]nc(C(=O)N3CCC(c4ccccc4C(F)(F)F)CC3)c2C1.CCN1CCc2[nH]nc(C(=O)N3CCC(c4ccccc4C(F)(F)F)CC3)c2C1.CCN1CCc2c(C(=O)N3CCC(c4ccccc4C(F)(F)F)CC3)n[nH]c2C1.CCN1Cc2[nH]nc(C(=O)N3CCC(c4ccccc4C(F)(F)F)CC3)c2C1.O=C(c1n[nH]c2c1CN(CCO)CCC2)N1CCC(c2ccccc2C(F)(F)F)CC1. The average Bonchev–Trinajstić information content (AvgIpc) is 1.78. The Balaban J connectivity index is 0.000000131. The maximum absolute atomic E-state index is 13.4. The molecule has 0 radical (unpaired) electrons. The normalized spacial score (nSPS) is 18.7. The summed E-state index contributed by atoms with van der Waals surface area (Å²) in [5.41, 5.74) is 10.8. The summed E-state index contributed by atoms with van der Waals surface area (Å²) in [5, 5.41) is 45.6. The number of β-amino-alcohol motifs (C(OH)–C–C–N with tert-alkyl or cyclic N) is 1. The van der Waals surface area contributed by atoms with Gasteiger partial charge in [-0.3, -0.25) is 74.0 Å². The van der Waals surface area contributed by atoms with Crippen LogP contribution in [0, 0.1) is 0 Å². The maximum Gasteiger partial charge on any atom is 0.416 e. The molecule has 6 N–H and O–H groups in total. The van der Waals surface area contributed by atoms with Crippen LogP contribution in [0.3, 0.4) is 0 Å². The molecule has 0 spiro atoms. The molecule has 5 fully saturated rings. The number of benzene rings is 5. The van der Waals surface area contributed by atoms with Crippen molar-refractivity contribution in [3.63, 3.8) is 0 Å². The molecule has 20 rings (SSSR count). The third kappa shape index (κ3) is 25.2. The van der Waals surface area contributed by atoms with Gasteiger partial charge >= 0.3 is 30.9 Å². The Hall–Kier alpha value is -11.8. The van der Waals surface area contributed by atoms with E-state index in [9.17, 15) is 94.9 Å². The van der Waals surface area contributed by atoms with E-state index in [-0.39, 0.29) is 65.7 Å². The molecule has 0 bridgehead atoms. The van der Waals surface area contributed by atoms with Crippen molar-refractivity contribution in [1.82, 2.24) is 100.0 Å². The molecule has 5 saturated heterocycles. The Kier molecular flexibility index (Phi) is 34.5. The monoisotopic (exact) mass is 2060 g/mol. The number of aromatic amines is 5. The van der Waals surface area contributed by atoms with Gasteiger partial charge in [-0.15, -0.1) is 0 Å². The molecule has 10 aromatic rings. The topological polar surface area (TPSA) is 281 Å². The Morgan fingerprint density at radius 2 is 0.490 bits per heavy atom. The summed E-state index contributed by atoms with van der Waals surface area (Å²) in [6.45, 7) is 24.9. The highest BCUT2D eigenvalue weighted by Gasteiger charge is 2.45. The van der Waals surface area contributed by atoms with Crippen molar-refractivity contribution in [3.8, 4) is 0 Å². The smallest absolute Gasteiger partial charge is 0.395 e. The molecule has 0 atom stereocenters. The average molecular weight is 2060 g/mol. The first kappa shape index (κ1) is 108. The highest BCUT2D eigenvalue weighted by atomic mass is 19.4. The van der Waals surface area contributed by atoms with Gasteiger partial charge in [0, 0.05) is 176 Å². The summed E-state index contributed by atoms with van der Waals surface area (Å²) in [5.74, 6) is -1.65. The number of aromatic nitrogens is 10. The molecular weight excluding hydrogens is 1930 g/mol. The van der Waals surface area contributed by atoms with Gasteiger partial charge in [0.05, 0.1) is 45.8 Å². The van der Waals surface area contributed by atoms with Gasteiger partial charge in [-0.2, -0.15) is 91.3 Å². The standard InChI is InChI=1S/C22H27F3N4O2.C22H27F3N4O.2C21H25F3N4O.C20H23F3N4O/c23-22(24,25)18-5-2-1-4-16(18)15-7-10-29(11-8-15)21(31)20-17-14-28(12-13-30)9-3-6-19(17)26-27-20;1-2-28-11-5-8-19-17(14-28)20(27-26-19)21(30)29-12-9-15(10-13-29)16-6-3-4-7-18(16)22(23,24)25;1-2-27-10-9-18-16(13-27)19(26-25-18)20(29)28-11-7-14(8-12-28)15-5-3-4-6-17(15)21(22,23)24;1-2-27-10-9-16-18(13-27)25-26-19(16)20(29)28-11-7-14(8-12-28)15-5-3-4-6-17(15)21(22,23)24;1-2-26-11-15-17(12-26)24-25-18(15)19(28)27-9-7-13(8-10-27)14-5-3-4-6-16(14)20(21,22)23/h1-2,4-5,15,30H,3,6-14H2,(H,26,27);3-4,6-7,15H,2,5,8-14H2,1H3,(H,26,27);2*3-6,14H,2,7-13H2,1H3,(H,25,26);3-6,13H,2,7-12H2,1H3,(H,24,25). The lowest BCUT2D eigenvalue weighted by Crippen LogP contribution is -2.39. The number of carbonyl (C=O) groups excluding carboxylic acids is 5. The molecule has 41 heteroatoms.